The zero-order chi connectivity index (χ0) is 19.7. The molecule has 4 atom stereocenters. The highest BCUT2D eigenvalue weighted by atomic mass is 31.2. The minimum absolute atomic E-state index is 0.0875. The van der Waals surface area contributed by atoms with E-state index >= 15 is 0 Å². The van der Waals surface area contributed by atoms with Crippen molar-refractivity contribution in [3.8, 4) is 0 Å². The molecule has 1 aromatic rings. The SMILES string of the molecule is CCCCCCC=CP(=O)(OC1CC(C)CCC1C(C)C)c1ccccc1. The Kier molecular flexibility index (Phi) is 9.33. The molecule has 0 saturated heterocycles. The summed E-state index contributed by atoms with van der Waals surface area (Å²) in [7, 11) is -2.98. The van der Waals surface area contributed by atoms with Gasteiger partial charge in [-0.3, -0.25) is 4.57 Å². The molecule has 1 aromatic carbocycles. The average Bonchev–Trinajstić information content (AvgIpc) is 2.65. The summed E-state index contributed by atoms with van der Waals surface area (Å²) in [5, 5.41) is 0.829. The summed E-state index contributed by atoms with van der Waals surface area (Å²) in [6.07, 6.45) is 11.5. The van der Waals surface area contributed by atoms with Crippen molar-refractivity contribution in [3.05, 3.63) is 42.2 Å². The zero-order valence-corrected chi connectivity index (χ0v) is 18.7. The fourth-order valence-corrected chi connectivity index (χ4v) is 6.18. The molecule has 0 radical (unpaired) electrons. The molecule has 0 N–H and O–H groups in total. The van der Waals surface area contributed by atoms with E-state index in [9.17, 15) is 4.57 Å². The van der Waals surface area contributed by atoms with Crippen molar-refractivity contribution in [1.82, 2.24) is 0 Å². The van der Waals surface area contributed by atoms with E-state index in [0.717, 1.165) is 24.6 Å². The molecule has 1 fully saturated rings. The van der Waals surface area contributed by atoms with Crippen LogP contribution in [0.15, 0.2) is 42.2 Å². The van der Waals surface area contributed by atoms with Gasteiger partial charge in [0.05, 0.1) is 6.10 Å². The summed E-state index contributed by atoms with van der Waals surface area (Å²) >= 11 is 0. The maximum absolute atomic E-state index is 13.9. The van der Waals surface area contributed by atoms with E-state index in [4.69, 9.17) is 4.52 Å². The van der Waals surface area contributed by atoms with Crippen LogP contribution in [-0.2, 0) is 9.09 Å². The quantitative estimate of drug-likeness (QED) is 0.304. The van der Waals surface area contributed by atoms with Gasteiger partial charge in [0.25, 0.3) is 7.37 Å². The molecule has 3 heteroatoms. The van der Waals surface area contributed by atoms with Crippen molar-refractivity contribution < 1.29 is 9.09 Å². The Morgan fingerprint density at radius 2 is 1.89 bits per heavy atom. The van der Waals surface area contributed by atoms with Crippen LogP contribution in [0.25, 0.3) is 0 Å². The number of hydrogen-bond acceptors (Lipinski definition) is 2. The van der Waals surface area contributed by atoms with Crippen molar-refractivity contribution in [2.75, 3.05) is 0 Å². The number of unbranched alkanes of at least 4 members (excludes halogenated alkanes) is 4. The Morgan fingerprint density at radius 3 is 2.56 bits per heavy atom. The Bertz CT molecular complexity index is 608. The Hall–Kier alpha value is -0.850. The number of rotatable bonds is 10. The molecule has 0 amide bonds. The van der Waals surface area contributed by atoms with Crippen LogP contribution < -0.4 is 5.30 Å². The first kappa shape index (κ1) is 22.4. The fraction of sp³-hybridized carbons (Fsp3) is 0.667. The van der Waals surface area contributed by atoms with Gasteiger partial charge in [-0.15, -0.1) is 0 Å². The van der Waals surface area contributed by atoms with Crippen molar-refractivity contribution in [3.63, 3.8) is 0 Å². The lowest BCUT2D eigenvalue weighted by molar-refractivity contribution is 0.0512. The Balaban J connectivity index is 2.16. The highest BCUT2D eigenvalue weighted by Gasteiger charge is 2.36. The first-order valence-electron chi connectivity index (χ1n) is 11.0. The summed E-state index contributed by atoms with van der Waals surface area (Å²) in [6, 6.07) is 9.81. The molecular formula is C24H39O2P. The van der Waals surface area contributed by atoms with Crippen LogP contribution in [0.3, 0.4) is 0 Å². The second kappa shape index (κ2) is 11.2. The van der Waals surface area contributed by atoms with Crippen LogP contribution in [0, 0.1) is 17.8 Å². The van der Waals surface area contributed by atoms with Crippen LogP contribution >= 0.6 is 7.37 Å². The molecule has 4 unspecified atom stereocenters. The van der Waals surface area contributed by atoms with Gasteiger partial charge < -0.3 is 4.52 Å². The van der Waals surface area contributed by atoms with Crippen molar-refractivity contribution in [1.29, 1.82) is 0 Å². The lowest BCUT2D eigenvalue weighted by atomic mass is 9.75. The molecule has 0 aliphatic heterocycles. The van der Waals surface area contributed by atoms with Crippen molar-refractivity contribution in [2.45, 2.75) is 85.2 Å². The molecule has 152 valence electrons. The zero-order valence-electron chi connectivity index (χ0n) is 17.8. The molecule has 2 rings (SSSR count). The van der Waals surface area contributed by atoms with Crippen molar-refractivity contribution >= 4 is 12.7 Å². The fourth-order valence-electron chi connectivity index (χ4n) is 4.16. The lowest BCUT2D eigenvalue weighted by Gasteiger charge is -2.38. The molecule has 27 heavy (non-hydrogen) atoms. The summed E-state index contributed by atoms with van der Waals surface area (Å²) in [5.74, 6) is 3.60. The summed E-state index contributed by atoms with van der Waals surface area (Å²) in [4.78, 5) is 0. The number of benzene rings is 1. The van der Waals surface area contributed by atoms with E-state index in [2.05, 4.69) is 33.8 Å². The van der Waals surface area contributed by atoms with Crippen LogP contribution in [-0.4, -0.2) is 6.10 Å². The Labute approximate surface area is 167 Å². The molecule has 0 aromatic heterocycles. The monoisotopic (exact) mass is 390 g/mol. The molecule has 2 nitrogen and oxygen atoms in total. The second-order valence-electron chi connectivity index (χ2n) is 8.64. The predicted molar refractivity (Wildman–Crippen MR) is 118 cm³/mol. The first-order valence-corrected chi connectivity index (χ1v) is 12.7. The minimum Gasteiger partial charge on any atom is -0.319 e. The Morgan fingerprint density at radius 1 is 1.15 bits per heavy atom. The van der Waals surface area contributed by atoms with E-state index in [1.54, 1.807) is 0 Å². The third-order valence-corrected chi connectivity index (χ3v) is 8.10. The molecule has 1 saturated carbocycles. The molecule has 0 heterocycles. The third-order valence-electron chi connectivity index (χ3n) is 5.90. The molecule has 1 aliphatic rings. The van der Waals surface area contributed by atoms with Crippen LogP contribution in [0.4, 0.5) is 0 Å². The highest BCUT2D eigenvalue weighted by Crippen LogP contribution is 2.52. The lowest BCUT2D eigenvalue weighted by Crippen LogP contribution is -2.34. The van der Waals surface area contributed by atoms with Crippen molar-refractivity contribution in [2.24, 2.45) is 17.8 Å². The van der Waals surface area contributed by atoms with Gasteiger partial charge in [0, 0.05) is 11.1 Å². The van der Waals surface area contributed by atoms with Gasteiger partial charge in [-0.1, -0.05) is 77.7 Å². The predicted octanol–water partition coefficient (Wildman–Crippen LogP) is 7.55. The smallest absolute Gasteiger partial charge is 0.254 e. The summed E-state index contributed by atoms with van der Waals surface area (Å²) in [5.41, 5.74) is 0. The molecule has 1 aliphatic carbocycles. The van der Waals surface area contributed by atoms with E-state index < -0.39 is 7.37 Å². The first-order chi connectivity index (χ1) is 13.0. The van der Waals surface area contributed by atoms with Gasteiger partial charge in [0.15, 0.2) is 0 Å². The minimum atomic E-state index is -2.98. The van der Waals surface area contributed by atoms with E-state index in [1.807, 2.05) is 36.1 Å². The van der Waals surface area contributed by atoms with Gasteiger partial charge in [0.2, 0.25) is 0 Å². The van der Waals surface area contributed by atoms with Gasteiger partial charge in [-0.25, -0.2) is 0 Å². The third kappa shape index (κ3) is 6.91. The van der Waals surface area contributed by atoms with Crippen LogP contribution in [0.2, 0.25) is 0 Å². The maximum Gasteiger partial charge on any atom is 0.254 e. The van der Waals surface area contributed by atoms with Crippen LogP contribution in [0.5, 0.6) is 0 Å². The number of allylic oxidation sites excluding steroid dienone is 1. The van der Waals surface area contributed by atoms with Gasteiger partial charge >= 0.3 is 0 Å². The van der Waals surface area contributed by atoms with Crippen LogP contribution in [0.1, 0.15) is 79.1 Å². The average molecular weight is 391 g/mol. The normalized spacial score (nSPS) is 25.7. The van der Waals surface area contributed by atoms with Gasteiger partial charge in [-0.05, 0) is 55.6 Å². The number of hydrogen-bond donors (Lipinski definition) is 0. The summed E-state index contributed by atoms with van der Waals surface area (Å²) in [6.45, 7) is 9.07. The van der Waals surface area contributed by atoms with E-state index in [0.29, 0.717) is 17.8 Å². The van der Waals surface area contributed by atoms with E-state index in [1.165, 1.54) is 32.1 Å². The van der Waals surface area contributed by atoms with Gasteiger partial charge in [-0.2, -0.15) is 0 Å². The largest absolute Gasteiger partial charge is 0.319 e. The summed E-state index contributed by atoms with van der Waals surface area (Å²) < 4.78 is 20.4. The molecular weight excluding hydrogens is 351 g/mol. The second-order valence-corrected chi connectivity index (χ2v) is 10.9. The maximum atomic E-state index is 13.9. The topological polar surface area (TPSA) is 26.3 Å². The molecule has 0 spiro atoms. The van der Waals surface area contributed by atoms with E-state index in [-0.39, 0.29) is 6.10 Å². The molecule has 0 bridgehead atoms. The standard InChI is InChI=1S/C24H39O2P/c1-5-6-7-8-9-13-18-27(25,22-14-11-10-12-15-22)26-24-19-21(4)16-17-23(24)20(2)3/h10-15,18,20-21,23-24H,5-9,16-17,19H2,1-4H3. The highest BCUT2D eigenvalue weighted by molar-refractivity contribution is 7.70. The van der Waals surface area contributed by atoms with Gasteiger partial charge in [0.1, 0.15) is 0 Å².